The molecule has 0 aliphatic rings. The Hall–Kier alpha value is -0.590. The molecular weight excluding hydrogens is 364 g/mol. The number of phenols is 1. The smallest absolute Gasteiger partial charge is 0.216 e. The summed E-state index contributed by atoms with van der Waals surface area (Å²) < 4.78 is 1.46. The molecule has 102 valence electrons. The van der Waals surface area contributed by atoms with E-state index in [2.05, 4.69) is 42.5 Å². The van der Waals surface area contributed by atoms with Crippen molar-refractivity contribution in [3.05, 3.63) is 26.6 Å². The lowest BCUT2D eigenvalue weighted by Gasteiger charge is -2.05. The van der Waals surface area contributed by atoms with Gasteiger partial charge in [-0.15, -0.1) is 0 Å². The molecule has 1 amide bonds. The van der Waals surface area contributed by atoms with Crippen molar-refractivity contribution >= 4 is 37.8 Å². The van der Waals surface area contributed by atoms with E-state index >= 15 is 0 Å². The fraction of sp³-hybridized carbons (Fsp3) is 0.417. The highest BCUT2D eigenvalue weighted by molar-refractivity contribution is 9.11. The van der Waals surface area contributed by atoms with Gasteiger partial charge in [-0.3, -0.25) is 4.79 Å². The minimum atomic E-state index is 0.00463. The Kier molecular flexibility index (Phi) is 9.05. The summed E-state index contributed by atoms with van der Waals surface area (Å²) in [6.07, 6.45) is 0.952. The van der Waals surface area contributed by atoms with Crippen LogP contribution in [0.3, 0.4) is 0 Å². The van der Waals surface area contributed by atoms with Crippen LogP contribution in [0.1, 0.15) is 12.5 Å². The Morgan fingerprint density at radius 1 is 1.28 bits per heavy atom. The van der Waals surface area contributed by atoms with Crippen molar-refractivity contribution in [1.29, 1.82) is 0 Å². The Labute approximate surface area is 124 Å². The van der Waals surface area contributed by atoms with Crippen molar-refractivity contribution in [3.63, 3.8) is 0 Å². The molecule has 1 aromatic rings. The molecule has 1 aromatic carbocycles. The van der Waals surface area contributed by atoms with E-state index in [0.29, 0.717) is 0 Å². The summed E-state index contributed by atoms with van der Waals surface area (Å²) in [7, 11) is 3.52. The number of hydrogen-bond acceptors (Lipinski definition) is 3. The molecule has 0 unspecified atom stereocenters. The molecule has 0 saturated heterocycles. The molecule has 0 atom stereocenters. The van der Waals surface area contributed by atoms with E-state index in [1.807, 2.05) is 19.2 Å². The van der Waals surface area contributed by atoms with Gasteiger partial charge in [0, 0.05) is 14.0 Å². The summed E-state index contributed by atoms with van der Waals surface area (Å²) in [5.41, 5.74) is 1.19. The predicted octanol–water partition coefficient (Wildman–Crippen LogP) is 2.43. The number of benzene rings is 1. The van der Waals surface area contributed by atoms with Gasteiger partial charge in [0.15, 0.2) is 0 Å². The molecule has 3 N–H and O–H groups in total. The molecule has 0 aliphatic heterocycles. The van der Waals surface area contributed by atoms with Crippen LogP contribution in [0.25, 0.3) is 0 Å². The summed E-state index contributed by atoms with van der Waals surface area (Å²) in [4.78, 5) is 9.70. The molecule has 0 fully saturated rings. The zero-order valence-corrected chi connectivity index (χ0v) is 13.9. The quantitative estimate of drug-likeness (QED) is 0.753. The van der Waals surface area contributed by atoms with Gasteiger partial charge in [-0.2, -0.15) is 0 Å². The Balaban J connectivity index is 0.000000494. The van der Waals surface area contributed by atoms with E-state index in [0.717, 1.165) is 21.9 Å². The number of phenolic OH excluding ortho intramolecular Hbond substituents is 1. The first kappa shape index (κ1) is 17.4. The molecular formula is C12H18Br2N2O2. The largest absolute Gasteiger partial charge is 0.506 e. The van der Waals surface area contributed by atoms with E-state index in [1.165, 1.54) is 12.5 Å². The van der Waals surface area contributed by atoms with Gasteiger partial charge in [0.25, 0.3) is 0 Å². The van der Waals surface area contributed by atoms with E-state index in [9.17, 15) is 9.90 Å². The zero-order chi connectivity index (χ0) is 14.1. The predicted molar refractivity (Wildman–Crippen MR) is 80.9 cm³/mol. The summed E-state index contributed by atoms with van der Waals surface area (Å²) in [6.45, 7) is 2.41. The fourth-order valence-corrected chi connectivity index (χ4v) is 2.31. The number of aromatic hydroxyl groups is 1. The molecule has 1 rings (SSSR count). The highest BCUT2D eigenvalue weighted by Crippen LogP contribution is 2.33. The molecule has 0 aromatic heterocycles. The fourth-order valence-electron chi connectivity index (χ4n) is 1.03. The second-order valence-corrected chi connectivity index (χ2v) is 5.28. The first-order valence-electron chi connectivity index (χ1n) is 5.42. The lowest BCUT2D eigenvalue weighted by atomic mass is 10.1. The van der Waals surface area contributed by atoms with E-state index in [-0.39, 0.29) is 11.7 Å². The molecule has 0 saturated carbocycles. The Morgan fingerprint density at radius 3 is 2.06 bits per heavy atom. The van der Waals surface area contributed by atoms with Gasteiger partial charge in [-0.1, -0.05) is 0 Å². The maximum Gasteiger partial charge on any atom is 0.216 e. The molecule has 0 bridgehead atoms. The summed E-state index contributed by atoms with van der Waals surface area (Å²) in [6, 6.07) is 3.86. The van der Waals surface area contributed by atoms with Gasteiger partial charge in [0.2, 0.25) is 5.91 Å². The van der Waals surface area contributed by atoms with E-state index < -0.39 is 0 Å². The average Bonchev–Trinajstić information content (AvgIpc) is 2.33. The molecule has 4 nitrogen and oxygen atoms in total. The van der Waals surface area contributed by atoms with Crippen LogP contribution in [-0.2, 0) is 11.2 Å². The van der Waals surface area contributed by atoms with Crippen LogP contribution in [0.15, 0.2) is 21.1 Å². The number of rotatable bonds is 3. The topological polar surface area (TPSA) is 61.4 Å². The van der Waals surface area contributed by atoms with Gasteiger partial charge >= 0.3 is 0 Å². The number of amides is 1. The van der Waals surface area contributed by atoms with Crippen molar-refractivity contribution in [2.75, 3.05) is 20.6 Å². The summed E-state index contributed by atoms with van der Waals surface area (Å²) in [5, 5.41) is 14.9. The van der Waals surface area contributed by atoms with Crippen LogP contribution in [0, 0.1) is 0 Å². The van der Waals surface area contributed by atoms with E-state index in [4.69, 9.17) is 0 Å². The number of likely N-dealkylation sites (N-methyl/N-ethyl adjacent to an activating group) is 1. The molecule has 18 heavy (non-hydrogen) atoms. The highest BCUT2D eigenvalue weighted by atomic mass is 79.9. The minimum absolute atomic E-state index is 0.00463. The molecule has 0 aliphatic carbocycles. The highest BCUT2D eigenvalue weighted by Gasteiger charge is 2.04. The van der Waals surface area contributed by atoms with Gasteiger partial charge < -0.3 is 15.7 Å². The molecule has 0 spiro atoms. The second kappa shape index (κ2) is 9.35. The van der Waals surface area contributed by atoms with E-state index in [1.54, 1.807) is 7.05 Å². The normalized spacial score (nSPS) is 9.39. The maximum absolute atomic E-state index is 9.70. The molecule has 0 heterocycles. The minimum Gasteiger partial charge on any atom is -0.506 e. The van der Waals surface area contributed by atoms with Crippen LogP contribution in [0.5, 0.6) is 5.75 Å². The number of carbonyl (C=O) groups is 1. The monoisotopic (exact) mass is 380 g/mol. The maximum atomic E-state index is 9.70. The van der Waals surface area contributed by atoms with Gasteiger partial charge in [-0.05, 0) is 69.6 Å². The van der Waals surface area contributed by atoms with Crippen LogP contribution in [0.4, 0.5) is 0 Å². The lowest BCUT2D eigenvalue weighted by Crippen LogP contribution is -2.11. The third kappa shape index (κ3) is 6.98. The first-order chi connectivity index (χ1) is 8.42. The third-order valence-corrected chi connectivity index (χ3v) is 3.30. The van der Waals surface area contributed by atoms with Crippen molar-refractivity contribution in [2.24, 2.45) is 0 Å². The van der Waals surface area contributed by atoms with Crippen molar-refractivity contribution < 1.29 is 9.90 Å². The molecule has 6 heteroatoms. The van der Waals surface area contributed by atoms with Gasteiger partial charge in [0.05, 0.1) is 8.95 Å². The van der Waals surface area contributed by atoms with Crippen molar-refractivity contribution in [1.82, 2.24) is 10.6 Å². The van der Waals surface area contributed by atoms with Crippen LogP contribution >= 0.6 is 31.9 Å². The zero-order valence-electron chi connectivity index (χ0n) is 10.7. The second-order valence-electron chi connectivity index (χ2n) is 3.57. The number of halogens is 2. The third-order valence-electron chi connectivity index (χ3n) is 2.09. The SMILES string of the molecule is CNC(C)=O.CNCCc1cc(Br)c(O)c(Br)c1. The first-order valence-corrected chi connectivity index (χ1v) is 7.00. The summed E-state index contributed by atoms with van der Waals surface area (Å²) >= 11 is 6.58. The Bertz CT molecular complexity index is 375. The Morgan fingerprint density at radius 2 is 1.72 bits per heavy atom. The van der Waals surface area contributed by atoms with Crippen LogP contribution in [-0.4, -0.2) is 31.7 Å². The lowest BCUT2D eigenvalue weighted by molar-refractivity contribution is -0.118. The summed E-state index contributed by atoms with van der Waals surface area (Å²) in [5.74, 6) is 0.262. The van der Waals surface area contributed by atoms with Crippen molar-refractivity contribution in [2.45, 2.75) is 13.3 Å². The standard InChI is InChI=1S/C9H11Br2NO.C3H7NO/c1-12-3-2-6-4-7(10)9(13)8(11)5-6;1-3(5)4-2/h4-5,12-13H,2-3H2,1H3;1-2H3,(H,4,5). The number of nitrogens with one attached hydrogen (secondary N) is 2. The van der Waals surface area contributed by atoms with Gasteiger partial charge in [0.1, 0.15) is 5.75 Å². The molecule has 0 radical (unpaired) electrons. The van der Waals surface area contributed by atoms with Crippen LogP contribution in [0.2, 0.25) is 0 Å². The number of hydrogen-bond donors (Lipinski definition) is 3. The van der Waals surface area contributed by atoms with Crippen molar-refractivity contribution in [3.8, 4) is 5.75 Å². The number of carbonyl (C=O) groups excluding carboxylic acids is 1. The van der Waals surface area contributed by atoms with Gasteiger partial charge in [-0.25, -0.2) is 0 Å². The van der Waals surface area contributed by atoms with Crippen LogP contribution < -0.4 is 10.6 Å². The average molecular weight is 382 g/mol.